The molecule has 0 N–H and O–H groups in total. The molecule has 0 amide bonds. The van der Waals surface area contributed by atoms with Crippen molar-refractivity contribution >= 4 is 5.69 Å². The number of piperazine rings is 1. The highest BCUT2D eigenvalue weighted by Gasteiger charge is 2.13. The zero-order chi connectivity index (χ0) is 15.1. The molecule has 1 aromatic carbocycles. The molecule has 0 atom stereocenters. The first-order valence-corrected chi connectivity index (χ1v) is 7.85. The van der Waals surface area contributed by atoms with Crippen LogP contribution in [0.15, 0.2) is 30.3 Å². The molecule has 1 aliphatic heterocycles. The van der Waals surface area contributed by atoms with Gasteiger partial charge in [-0.2, -0.15) is 0 Å². The molecule has 0 saturated carbocycles. The van der Waals surface area contributed by atoms with Crippen LogP contribution in [0.25, 0.3) is 0 Å². The van der Waals surface area contributed by atoms with Crippen LogP contribution >= 0.6 is 0 Å². The highest BCUT2D eigenvalue weighted by molar-refractivity contribution is 5.46. The first-order valence-electron chi connectivity index (χ1n) is 7.85. The lowest BCUT2D eigenvalue weighted by Crippen LogP contribution is -2.44. The molecule has 0 spiro atoms. The highest BCUT2D eigenvalue weighted by atomic mass is 15.2. The molecule has 2 nitrogen and oxygen atoms in total. The van der Waals surface area contributed by atoms with Crippen LogP contribution in [0.3, 0.4) is 0 Å². The van der Waals surface area contributed by atoms with Crippen molar-refractivity contribution in [2.24, 2.45) is 0 Å². The van der Waals surface area contributed by atoms with Gasteiger partial charge in [0.15, 0.2) is 0 Å². The Morgan fingerprint density at radius 3 is 1.53 bits per heavy atom. The zero-order valence-electron chi connectivity index (χ0n) is 14.1. The second kappa shape index (κ2) is 15.0. The maximum atomic E-state index is 2.44. The SMILES string of the molecule is CC.CC.CC.CN1CCN(c2ccccc2)CC1. The van der Waals surface area contributed by atoms with Crippen LogP contribution in [-0.4, -0.2) is 38.1 Å². The van der Waals surface area contributed by atoms with Gasteiger partial charge in [0.25, 0.3) is 0 Å². The quantitative estimate of drug-likeness (QED) is 0.737. The zero-order valence-corrected chi connectivity index (χ0v) is 14.1. The third-order valence-electron chi connectivity index (χ3n) is 2.62. The van der Waals surface area contributed by atoms with Gasteiger partial charge in [0, 0.05) is 31.9 Å². The molecule has 1 saturated heterocycles. The fourth-order valence-electron chi connectivity index (χ4n) is 1.70. The number of nitrogens with zero attached hydrogens (tertiary/aromatic N) is 2. The van der Waals surface area contributed by atoms with E-state index in [1.165, 1.54) is 18.8 Å². The average Bonchev–Trinajstić information content (AvgIpc) is 2.55. The molecule has 1 aliphatic rings. The molecule has 0 aliphatic carbocycles. The third-order valence-corrected chi connectivity index (χ3v) is 2.62. The lowest BCUT2D eigenvalue weighted by molar-refractivity contribution is 0.313. The van der Waals surface area contributed by atoms with E-state index in [1.54, 1.807) is 0 Å². The predicted octanol–water partition coefficient (Wildman–Crippen LogP) is 4.52. The summed E-state index contributed by atoms with van der Waals surface area (Å²) < 4.78 is 0. The standard InChI is InChI=1S/C11H16N2.3C2H6/c1-12-7-9-13(10-8-12)11-5-3-2-4-6-11;3*1-2/h2-6H,7-10H2,1H3;3*1-2H3. The van der Waals surface area contributed by atoms with E-state index >= 15 is 0 Å². The summed E-state index contributed by atoms with van der Waals surface area (Å²) in [5.41, 5.74) is 1.36. The van der Waals surface area contributed by atoms with Crippen LogP contribution in [0.5, 0.6) is 0 Å². The van der Waals surface area contributed by atoms with E-state index in [2.05, 4.69) is 47.2 Å². The molecule has 0 bridgehead atoms. The third kappa shape index (κ3) is 8.66. The molecule has 19 heavy (non-hydrogen) atoms. The predicted molar refractivity (Wildman–Crippen MR) is 90.2 cm³/mol. The molecule has 2 rings (SSSR count). The van der Waals surface area contributed by atoms with Gasteiger partial charge in [-0.25, -0.2) is 0 Å². The Labute approximate surface area is 121 Å². The van der Waals surface area contributed by atoms with E-state index in [9.17, 15) is 0 Å². The topological polar surface area (TPSA) is 6.48 Å². The Morgan fingerprint density at radius 2 is 1.11 bits per heavy atom. The number of rotatable bonds is 1. The second-order valence-electron chi connectivity index (χ2n) is 3.63. The number of hydrogen-bond acceptors (Lipinski definition) is 2. The molecule has 1 aromatic rings. The van der Waals surface area contributed by atoms with Gasteiger partial charge in [0.05, 0.1) is 0 Å². The number of para-hydroxylation sites is 1. The van der Waals surface area contributed by atoms with Gasteiger partial charge in [0.1, 0.15) is 0 Å². The van der Waals surface area contributed by atoms with E-state index in [1.807, 2.05) is 41.5 Å². The summed E-state index contributed by atoms with van der Waals surface area (Å²) in [5.74, 6) is 0. The largest absolute Gasteiger partial charge is 0.369 e. The summed E-state index contributed by atoms with van der Waals surface area (Å²) in [4.78, 5) is 4.82. The van der Waals surface area contributed by atoms with E-state index in [-0.39, 0.29) is 0 Å². The summed E-state index contributed by atoms with van der Waals surface area (Å²) in [6.07, 6.45) is 0. The minimum atomic E-state index is 1.15. The number of hydrogen-bond donors (Lipinski definition) is 0. The summed E-state index contributed by atoms with van der Waals surface area (Å²) in [6.45, 7) is 16.7. The van der Waals surface area contributed by atoms with Gasteiger partial charge >= 0.3 is 0 Å². The maximum Gasteiger partial charge on any atom is 0.0367 e. The first kappa shape index (κ1) is 20.3. The van der Waals surface area contributed by atoms with Crippen LogP contribution in [0.4, 0.5) is 5.69 Å². The fraction of sp³-hybridized carbons (Fsp3) is 0.647. The molecular weight excluding hydrogens is 232 g/mol. The van der Waals surface area contributed by atoms with Gasteiger partial charge in [-0.3, -0.25) is 0 Å². The summed E-state index contributed by atoms with van der Waals surface area (Å²) in [5, 5.41) is 0. The normalized spacial score (nSPS) is 13.9. The fourth-order valence-corrected chi connectivity index (χ4v) is 1.70. The van der Waals surface area contributed by atoms with Crippen molar-refractivity contribution in [3.63, 3.8) is 0 Å². The Hall–Kier alpha value is -1.02. The van der Waals surface area contributed by atoms with Crippen molar-refractivity contribution in [2.75, 3.05) is 38.1 Å². The monoisotopic (exact) mass is 266 g/mol. The Kier molecular flexibility index (Phi) is 16.1. The van der Waals surface area contributed by atoms with Crippen LogP contribution in [0.1, 0.15) is 41.5 Å². The maximum absolute atomic E-state index is 2.44. The van der Waals surface area contributed by atoms with Crippen molar-refractivity contribution < 1.29 is 0 Å². The number of likely N-dealkylation sites (N-methyl/N-ethyl adjacent to an activating group) is 1. The number of benzene rings is 1. The van der Waals surface area contributed by atoms with E-state index in [0.717, 1.165) is 13.1 Å². The van der Waals surface area contributed by atoms with Crippen molar-refractivity contribution in [1.29, 1.82) is 0 Å². The van der Waals surface area contributed by atoms with Crippen LogP contribution in [0.2, 0.25) is 0 Å². The van der Waals surface area contributed by atoms with E-state index in [0.29, 0.717) is 0 Å². The molecule has 1 heterocycles. The second-order valence-corrected chi connectivity index (χ2v) is 3.63. The molecule has 0 unspecified atom stereocenters. The van der Waals surface area contributed by atoms with Crippen LogP contribution < -0.4 is 4.90 Å². The minimum absolute atomic E-state index is 1.15. The molecule has 0 radical (unpaired) electrons. The molecule has 0 aromatic heterocycles. The molecular formula is C17H34N2. The molecule has 2 heteroatoms. The Morgan fingerprint density at radius 1 is 0.684 bits per heavy atom. The van der Waals surface area contributed by atoms with Crippen molar-refractivity contribution in [2.45, 2.75) is 41.5 Å². The molecule has 112 valence electrons. The van der Waals surface area contributed by atoms with Crippen molar-refractivity contribution in [3.8, 4) is 0 Å². The number of anilines is 1. The lowest BCUT2D eigenvalue weighted by Gasteiger charge is -2.33. The highest BCUT2D eigenvalue weighted by Crippen LogP contribution is 2.14. The van der Waals surface area contributed by atoms with Crippen molar-refractivity contribution in [3.05, 3.63) is 30.3 Å². The smallest absolute Gasteiger partial charge is 0.0367 e. The summed E-state index contributed by atoms with van der Waals surface area (Å²) in [7, 11) is 2.18. The summed E-state index contributed by atoms with van der Waals surface area (Å²) in [6, 6.07) is 10.7. The Balaban J connectivity index is 0. The Bertz CT molecular complexity index is 251. The minimum Gasteiger partial charge on any atom is -0.369 e. The lowest BCUT2D eigenvalue weighted by atomic mass is 10.2. The van der Waals surface area contributed by atoms with Gasteiger partial charge in [-0.05, 0) is 19.2 Å². The van der Waals surface area contributed by atoms with Gasteiger partial charge < -0.3 is 9.80 Å². The van der Waals surface area contributed by atoms with Crippen LogP contribution in [-0.2, 0) is 0 Å². The van der Waals surface area contributed by atoms with Gasteiger partial charge in [0.2, 0.25) is 0 Å². The average molecular weight is 266 g/mol. The van der Waals surface area contributed by atoms with Gasteiger partial charge in [-0.1, -0.05) is 59.7 Å². The van der Waals surface area contributed by atoms with E-state index < -0.39 is 0 Å². The first-order chi connectivity index (χ1) is 9.36. The van der Waals surface area contributed by atoms with E-state index in [4.69, 9.17) is 0 Å². The molecule has 1 fully saturated rings. The van der Waals surface area contributed by atoms with Crippen molar-refractivity contribution in [1.82, 2.24) is 4.90 Å². The van der Waals surface area contributed by atoms with Crippen LogP contribution in [0, 0.1) is 0 Å². The van der Waals surface area contributed by atoms with Gasteiger partial charge in [-0.15, -0.1) is 0 Å². The summed E-state index contributed by atoms with van der Waals surface area (Å²) >= 11 is 0.